The minimum Gasteiger partial charge on any atom is -0.396 e. The Bertz CT molecular complexity index is 308. The molecule has 0 amide bonds. The molecular formula is C13H22BrN3O. The number of allylic oxidation sites excluding steroid dienone is 2. The van der Waals surface area contributed by atoms with Crippen molar-refractivity contribution in [2.75, 3.05) is 19.7 Å². The lowest BCUT2D eigenvalue weighted by Crippen LogP contribution is -2.16. The Morgan fingerprint density at radius 2 is 2.17 bits per heavy atom. The number of aliphatic imine (C=N–C) groups is 1. The summed E-state index contributed by atoms with van der Waals surface area (Å²) in [7, 11) is 0. The molecule has 2 N–H and O–H groups in total. The van der Waals surface area contributed by atoms with Gasteiger partial charge < -0.3 is 10.4 Å². The van der Waals surface area contributed by atoms with Crippen molar-refractivity contribution in [3.05, 3.63) is 10.2 Å². The van der Waals surface area contributed by atoms with Crippen LogP contribution >= 0.6 is 15.9 Å². The normalized spacial score (nSPS) is 12.6. The van der Waals surface area contributed by atoms with E-state index in [4.69, 9.17) is 10.4 Å². The Kier molecular flexibility index (Phi) is 12.3. The fourth-order valence-corrected chi connectivity index (χ4v) is 1.50. The quantitative estimate of drug-likeness (QED) is 0.370. The molecule has 5 heteroatoms. The molecule has 0 atom stereocenters. The Balaban J connectivity index is 3.63. The van der Waals surface area contributed by atoms with Gasteiger partial charge in [0.1, 0.15) is 11.8 Å². The molecule has 0 rings (SSSR count). The van der Waals surface area contributed by atoms with Gasteiger partial charge in [-0.3, -0.25) is 0 Å². The summed E-state index contributed by atoms with van der Waals surface area (Å²) in [6.07, 6.45) is 6.39. The highest BCUT2D eigenvalue weighted by Crippen LogP contribution is 2.15. The first kappa shape index (κ1) is 17.3. The zero-order valence-corrected chi connectivity index (χ0v) is 12.5. The molecule has 18 heavy (non-hydrogen) atoms. The number of nitrogens with zero attached hydrogens (tertiary/aromatic N) is 2. The molecule has 0 bridgehead atoms. The topological polar surface area (TPSA) is 68.4 Å². The molecule has 0 radical (unpaired) electrons. The smallest absolute Gasteiger partial charge is 0.150 e. The maximum Gasteiger partial charge on any atom is 0.150 e. The summed E-state index contributed by atoms with van der Waals surface area (Å²) >= 11 is 3.33. The number of aliphatic hydroxyl groups excluding tert-OH is 1. The molecule has 0 saturated heterocycles. The van der Waals surface area contributed by atoms with E-state index in [-0.39, 0.29) is 6.61 Å². The van der Waals surface area contributed by atoms with E-state index < -0.39 is 0 Å². The average Bonchev–Trinajstić information content (AvgIpc) is 2.40. The summed E-state index contributed by atoms with van der Waals surface area (Å²) in [6.45, 7) is 4.09. The lowest BCUT2D eigenvalue weighted by Gasteiger charge is -2.01. The Morgan fingerprint density at radius 3 is 2.78 bits per heavy atom. The summed E-state index contributed by atoms with van der Waals surface area (Å²) in [6, 6.07) is 2.07. The molecule has 4 nitrogen and oxygen atoms in total. The van der Waals surface area contributed by atoms with Crippen LogP contribution in [0.4, 0.5) is 0 Å². The van der Waals surface area contributed by atoms with Crippen molar-refractivity contribution >= 4 is 22.1 Å². The third-order valence-corrected chi connectivity index (χ3v) is 3.29. The third-order valence-electron chi connectivity index (χ3n) is 2.36. The van der Waals surface area contributed by atoms with Gasteiger partial charge in [0, 0.05) is 23.8 Å². The fraction of sp³-hybridized carbons (Fsp3) is 0.692. The van der Waals surface area contributed by atoms with Gasteiger partial charge in [0.25, 0.3) is 0 Å². The second-order valence-electron chi connectivity index (χ2n) is 3.85. The van der Waals surface area contributed by atoms with E-state index in [1.807, 2.05) is 6.92 Å². The van der Waals surface area contributed by atoms with Crippen molar-refractivity contribution in [1.29, 1.82) is 5.26 Å². The number of unbranched alkanes of at least 4 members (excludes halogenated alkanes) is 2. The first-order chi connectivity index (χ1) is 8.76. The highest BCUT2D eigenvalue weighted by Gasteiger charge is 1.97. The first-order valence-corrected chi connectivity index (χ1v) is 7.18. The molecule has 0 aromatic heterocycles. The van der Waals surface area contributed by atoms with Gasteiger partial charge in [-0.05, 0) is 38.6 Å². The number of hydrogen-bond acceptors (Lipinski definition) is 4. The van der Waals surface area contributed by atoms with E-state index in [0.717, 1.165) is 49.7 Å². The van der Waals surface area contributed by atoms with Crippen LogP contribution in [0.2, 0.25) is 0 Å². The van der Waals surface area contributed by atoms with E-state index in [1.54, 1.807) is 6.21 Å². The van der Waals surface area contributed by atoms with Crippen LogP contribution in [-0.4, -0.2) is 31.0 Å². The summed E-state index contributed by atoms with van der Waals surface area (Å²) in [5.41, 5.74) is 0.459. The van der Waals surface area contributed by atoms with Gasteiger partial charge in [0.05, 0.1) is 0 Å². The molecule has 0 aromatic rings. The van der Waals surface area contributed by atoms with Crippen molar-refractivity contribution in [3.63, 3.8) is 0 Å². The lowest BCUT2D eigenvalue weighted by molar-refractivity contribution is 0.283. The zero-order valence-electron chi connectivity index (χ0n) is 11.0. The number of aliphatic hydroxyl groups is 1. The maximum atomic E-state index is 8.86. The van der Waals surface area contributed by atoms with Crippen LogP contribution in [0.25, 0.3) is 0 Å². The third kappa shape index (κ3) is 9.34. The van der Waals surface area contributed by atoms with Gasteiger partial charge in [-0.1, -0.05) is 22.9 Å². The molecule has 0 aliphatic carbocycles. The molecule has 0 fully saturated rings. The standard InChI is InChI=1S/C13H22BrN3O/c1-2-12(14)13(11-15)17-9-6-8-16-7-4-3-5-10-18/h9,16,18H,2-8,10H2,1H3/b13-12+,17-9-. The molecule has 0 aromatic carbocycles. The van der Waals surface area contributed by atoms with Crippen molar-refractivity contribution < 1.29 is 5.11 Å². The monoisotopic (exact) mass is 315 g/mol. The van der Waals surface area contributed by atoms with Gasteiger partial charge in [0.2, 0.25) is 0 Å². The number of rotatable bonds is 10. The predicted molar refractivity (Wildman–Crippen MR) is 78.8 cm³/mol. The SMILES string of the molecule is CC/C(Br)=C(C#N)\N=C/CCNCCCCCO. The van der Waals surface area contributed by atoms with Crippen LogP contribution in [0.3, 0.4) is 0 Å². The Labute approximate surface area is 118 Å². The van der Waals surface area contributed by atoms with Crippen LogP contribution < -0.4 is 5.32 Å². The van der Waals surface area contributed by atoms with Crippen LogP contribution in [0, 0.1) is 11.3 Å². The summed E-state index contributed by atoms with van der Waals surface area (Å²) in [5, 5.41) is 20.8. The minimum absolute atomic E-state index is 0.280. The molecule has 0 spiro atoms. The molecule has 0 aliphatic rings. The first-order valence-electron chi connectivity index (χ1n) is 6.39. The van der Waals surface area contributed by atoms with Gasteiger partial charge in [0.15, 0.2) is 0 Å². The van der Waals surface area contributed by atoms with Crippen molar-refractivity contribution in [2.45, 2.75) is 39.0 Å². The number of nitriles is 1. The summed E-state index contributed by atoms with van der Waals surface area (Å²) < 4.78 is 0.846. The molecule has 0 saturated carbocycles. The van der Waals surface area contributed by atoms with E-state index in [2.05, 4.69) is 32.3 Å². The fourth-order valence-electron chi connectivity index (χ4n) is 1.31. The van der Waals surface area contributed by atoms with Crippen LogP contribution in [0.1, 0.15) is 39.0 Å². The molecule has 0 unspecified atom stereocenters. The highest BCUT2D eigenvalue weighted by atomic mass is 79.9. The molecule has 102 valence electrons. The highest BCUT2D eigenvalue weighted by molar-refractivity contribution is 9.11. The van der Waals surface area contributed by atoms with Crippen molar-refractivity contribution in [2.24, 2.45) is 4.99 Å². The van der Waals surface area contributed by atoms with Gasteiger partial charge >= 0.3 is 0 Å². The molecular weight excluding hydrogens is 294 g/mol. The number of nitrogens with one attached hydrogen (secondary N) is 1. The largest absolute Gasteiger partial charge is 0.396 e. The van der Waals surface area contributed by atoms with Gasteiger partial charge in [-0.15, -0.1) is 0 Å². The second kappa shape index (κ2) is 12.7. The molecule has 0 aliphatic heterocycles. The average molecular weight is 316 g/mol. The van der Waals surface area contributed by atoms with E-state index in [9.17, 15) is 0 Å². The number of hydrogen-bond donors (Lipinski definition) is 2. The Morgan fingerprint density at radius 1 is 1.39 bits per heavy atom. The van der Waals surface area contributed by atoms with E-state index in [1.165, 1.54) is 0 Å². The van der Waals surface area contributed by atoms with Crippen molar-refractivity contribution in [3.8, 4) is 6.07 Å². The van der Waals surface area contributed by atoms with Gasteiger partial charge in [-0.2, -0.15) is 5.26 Å². The zero-order chi connectivity index (χ0) is 13.6. The maximum absolute atomic E-state index is 8.86. The van der Waals surface area contributed by atoms with Gasteiger partial charge in [-0.25, -0.2) is 4.99 Å². The summed E-state index contributed by atoms with van der Waals surface area (Å²) in [4.78, 5) is 4.13. The van der Waals surface area contributed by atoms with Crippen molar-refractivity contribution in [1.82, 2.24) is 5.32 Å². The Hall–Kier alpha value is -0.700. The number of halogens is 1. The summed E-state index contributed by atoms with van der Waals surface area (Å²) in [5.74, 6) is 0. The second-order valence-corrected chi connectivity index (χ2v) is 4.81. The lowest BCUT2D eigenvalue weighted by atomic mass is 10.2. The van der Waals surface area contributed by atoms with E-state index in [0.29, 0.717) is 5.70 Å². The molecule has 0 heterocycles. The van der Waals surface area contributed by atoms with Crippen LogP contribution in [-0.2, 0) is 0 Å². The van der Waals surface area contributed by atoms with E-state index >= 15 is 0 Å². The predicted octanol–water partition coefficient (Wildman–Crippen LogP) is 2.74. The minimum atomic E-state index is 0.280. The van der Waals surface area contributed by atoms with Crippen LogP contribution in [0.5, 0.6) is 0 Å². The van der Waals surface area contributed by atoms with Crippen LogP contribution in [0.15, 0.2) is 15.2 Å².